The molecule has 1 fully saturated rings. The van der Waals surface area contributed by atoms with Gasteiger partial charge in [0.15, 0.2) is 0 Å². The van der Waals surface area contributed by atoms with Crippen molar-refractivity contribution in [1.29, 1.82) is 0 Å². The SMILES string of the molecule is O=C(O)CN(Cc1ccccc1)C(=O)c1ccc(C(=O)NC2CC2)cc1. The van der Waals surface area contributed by atoms with Gasteiger partial charge in [-0.15, -0.1) is 0 Å². The lowest BCUT2D eigenvalue weighted by molar-refractivity contribution is -0.137. The third kappa shape index (κ3) is 4.69. The fourth-order valence-corrected chi connectivity index (χ4v) is 2.61. The molecule has 0 saturated heterocycles. The van der Waals surface area contributed by atoms with Gasteiger partial charge in [-0.25, -0.2) is 0 Å². The number of nitrogens with one attached hydrogen (secondary N) is 1. The molecule has 2 aromatic rings. The zero-order valence-electron chi connectivity index (χ0n) is 14.2. The monoisotopic (exact) mass is 352 g/mol. The summed E-state index contributed by atoms with van der Waals surface area (Å²) in [4.78, 5) is 37.1. The Balaban J connectivity index is 1.72. The van der Waals surface area contributed by atoms with Gasteiger partial charge in [0, 0.05) is 23.7 Å². The summed E-state index contributed by atoms with van der Waals surface area (Å²) in [6, 6.07) is 15.8. The topological polar surface area (TPSA) is 86.7 Å². The zero-order valence-corrected chi connectivity index (χ0v) is 14.2. The molecule has 0 aliphatic heterocycles. The highest BCUT2D eigenvalue weighted by Crippen LogP contribution is 2.19. The lowest BCUT2D eigenvalue weighted by atomic mass is 10.1. The van der Waals surface area contributed by atoms with Crippen molar-refractivity contribution >= 4 is 17.8 Å². The Hall–Kier alpha value is -3.15. The Morgan fingerprint density at radius 2 is 1.58 bits per heavy atom. The van der Waals surface area contributed by atoms with E-state index in [9.17, 15) is 14.4 Å². The Bertz CT molecular complexity index is 798. The molecule has 1 aliphatic rings. The summed E-state index contributed by atoms with van der Waals surface area (Å²) >= 11 is 0. The maximum Gasteiger partial charge on any atom is 0.323 e. The number of carbonyl (C=O) groups excluding carboxylic acids is 2. The predicted octanol–water partition coefficient (Wildman–Crippen LogP) is 2.31. The zero-order chi connectivity index (χ0) is 18.5. The number of hydrogen-bond acceptors (Lipinski definition) is 3. The number of carboxylic acids is 1. The average molecular weight is 352 g/mol. The molecule has 3 rings (SSSR count). The smallest absolute Gasteiger partial charge is 0.323 e. The lowest BCUT2D eigenvalue weighted by Crippen LogP contribution is -2.35. The van der Waals surface area contributed by atoms with Gasteiger partial charge >= 0.3 is 5.97 Å². The molecule has 26 heavy (non-hydrogen) atoms. The molecule has 1 saturated carbocycles. The summed E-state index contributed by atoms with van der Waals surface area (Å²) in [7, 11) is 0. The van der Waals surface area contributed by atoms with Crippen LogP contribution in [0.5, 0.6) is 0 Å². The van der Waals surface area contributed by atoms with Crippen molar-refractivity contribution in [3.05, 3.63) is 71.3 Å². The van der Waals surface area contributed by atoms with Gasteiger partial charge in [0.2, 0.25) is 0 Å². The molecule has 0 spiro atoms. The first-order chi connectivity index (χ1) is 12.5. The summed E-state index contributed by atoms with van der Waals surface area (Å²) in [5.74, 6) is -1.61. The number of rotatable bonds is 7. The molecule has 0 radical (unpaired) electrons. The first kappa shape index (κ1) is 17.7. The van der Waals surface area contributed by atoms with Crippen LogP contribution in [-0.4, -0.2) is 40.4 Å². The molecule has 6 nitrogen and oxygen atoms in total. The van der Waals surface area contributed by atoms with E-state index in [1.54, 1.807) is 24.3 Å². The van der Waals surface area contributed by atoms with Crippen LogP contribution in [0.3, 0.4) is 0 Å². The van der Waals surface area contributed by atoms with Crippen LogP contribution in [0.2, 0.25) is 0 Å². The fraction of sp³-hybridized carbons (Fsp3) is 0.250. The minimum Gasteiger partial charge on any atom is -0.480 e. The second kappa shape index (κ2) is 7.82. The summed E-state index contributed by atoms with van der Waals surface area (Å²) in [6.07, 6.45) is 2.01. The molecule has 0 heterocycles. The minimum absolute atomic E-state index is 0.154. The van der Waals surface area contributed by atoms with Gasteiger partial charge in [-0.2, -0.15) is 0 Å². The molecule has 2 aromatic carbocycles. The van der Waals surface area contributed by atoms with Crippen molar-refractivity contribution in [1.82, 2.24) is 10.2 Å². The average Bonchev–Trinajstić information content (AvgIpc) is 3.45. The normalized spacial score (nSPS) is 13.1. The van der Waals surface area contributed by atoms with E-state index in [4.69, 9.17) is 5.11 Å². The quantitative estimate of drug-likeness (QED) is 0.800. The number of amides is 2. The molecule has 6 heteroatoms. The van der Waals surface area contributed by atoms with Crippen LogP contribution in [0.15, 0.2) is 54.6 Å². The fourth-order valence-electron chi connectivity index (χ4n) is 2.61. The summed E-state index contributed by atoms with van der Waals surface area (Å²) < 4.78 is 0. The van der Waals surface area contributed by atoms with Gasteiger partial charge in [0.05, 0.1) is 0 Å². The van der Waals surface area contributed by atoms with E-state index in [2.05, 4.69) is 5.32 Å². The summed E-state index contributed by atoms with van der Waals surface area (Å²) in [6.45, 7) is -0.187. The van der Waals surface area contributed by atoms with E-state index < -0.39 is 12.5 Å². The van der Waals surface area contributed by atoms with Crippen LogP contribution in [-0.2, 0) is 11.3 Å². The highest BCUT2D eigenvalue weighted by Gasteiger charge is 2.24. The van der Waals surface area contributed by atoms with Gasteiger partial charge in [-0.1, -0.05) is 30.3 Å². The van der Waals surface area contributed by atoms with Crippen molar-refractivity contribution in [2.75, 3.05) is 6.54 Å². The standard InChI is InChI=1S/C20H20N2O4/c23-18(24)13-22(12-14-4-2-1-3-5-14)20(26)16-8-6-15(7-9-16)19(25)21-17-10-11-17/h1-9,17H,10-13H2,(H,21,25)(H,23,24). The van der Waals surface area contributed by atoms with Crippen LogP contribution >= 0.6 is 0 Å². The van der Waals surface area contributed by atoms with Crippen LogP contribution in [0.1, 0.15) is 39.1 Å². The number of hydrogen-bond donors (Lipinski definition) is 2. The van der Waals surface area contributed by atoms with Gasteiger partial charge in [0.25, 0.3) is 11.8 Å². The molecule has 0 aromatic heterocycles. The van der Waals surface area contributed by atoms with E-state index in [0.29, 0.717) is 11.1 Å². The molecule has 134 valence electrons. The van der Waals surface area contributed by atoms with Crippen LogP contribution in [0.4, 0.5) is 0 Å². The molecule has 0 unspecified atom stereocenters. The second-order valence-electron chi connectivity index (χ2n) is 6.37. The molecule has 2 N–H and O–H groups in total. The van der Waals surface area contributed by atoms with Crippen molar-refractivity contribution in [3.63, 3.8) is 0 Å². The first-order valence-corrected chi connectivity index (χ1v) is 8.49. The number of carboxylic acid groups (broad SMARTS) is 1. The molecular weight excluding hydrogens is 332 g/mol. The predicted molar refractivity (Wildman–Crippen MR) is 95.7 cm³/mol. The molecule has 0 atom stereocenters. The molecule has 0 bridgehead atoms. The molecule has 1 aliphatic carbocycles. The van der Waals surface area contributed by atoms with E-state index >= 15 is 0 Å². The van der Waals surface area contributed by atoms with Crippen molar-refractivity contribution in [2.24, 2.45) is 0 Å². The van der Waals surface area contributed by atoms with Gasteiger partial charge < -0.3 is 15.3 Å². The third-order valence-corrected chi connectivity index (χ3v) is 4.14. The molecule has 2 amide bonds. The first-order valence-electron chi connectivity index (χ1n) is 8.49. The maximum absolute atomic E-state index is 12.7. The van der Waals surface area contributed by atoms with Crippen LogP contribution in [0.25, 0.3) is 0 Å². The highest BCUT2D eigenvalue weighted by molar-refractivity contribution is 5.98. The van der Waals surface area contributed by atoms with E-state index in [1.807, 2.05) is 30.3 Å². The number of carbonyl (C=O) groups is 3. The van der Waals surface area contributed by atoms with Gasteiger partial charge in [0.1, 0.15) is 6.54 Å². The summed E-state index contributed by atoms with van der Waals surface area (Å²) in [5, 5.41) is 12.0. The highest BCUT2D eigenvalue weighted by atomic mass is 16.4. The van der Waals surface area contributed by atoms with E-state index in [0.717, 1.165) is 18.4 Å². The molecular formula is C20H20N2O4. The Morgan fingerprint density at radius 3 is 2.15 bits per heavy atom. The van der Waals surface area contributed by atoms with Gasteiger partial charge in [-0.05, 0) is 42.7 Å². The van der Waals surface area contributed by atoms with Crippen molar-refractivity contribution < 1.29 is 19.5 Å². The lowest BCUT2D eigenvalue weighted by Gasteiger charge is -2.21. The Kier molecular flexibility index (Phi) is 5.31. The van der Waals surface area contributed by atoms with Crippen molar-refractivity contribution in [2.45, 2.75) is 25.4 Å². The minimum atomic E-state index is -1.07. The van der Waals surface area contributed by atoms with E-state index in [1.165, 1.54) is 4.90 Å². The largest absolute Gasteiger partial charge is 0.480 e. The third-order valence-electron chi connectivity index (χ3n) is 4.14. The van der Waals surface area contributed by atoms with Gasteiger partial charge in [-0.3, -0.25) is 14.4 Å². The Morgan fingerprint density at radius 1 is 0.962 bits per heavy atom. The number of aliphatic carboxylic acids is 1. The summed E-state index contributed by atoms with van der Waals surface area (Å²) in [5.41, 5.74) is 1.69. The van der Waals surface area contributed by atoms with Crippen LogP contribution in [0, 0.1) is 0 Å². The second-order valence-corrected chi connectivity index (χ2v) is 6.37. The van der Waals surface area contributed by atoms with E-state index in [-0.39, 0.29) is 24.4 Å². The van der Waals surface area contributed by atoms with Crippen LogP contribution < -0.4 is 5.32 Å². The van der Waals surface area contributed by atoms with Crippen molar-refractivity contribution in [3.8, 4) is 0 Å². The Labute approximate surface area is 151 Å². The number of nitrogens with zero attached hydrogens (tertiary/aromatic N) is 1. The number of benzene rings is 2. The maximum atomic E-state index is 12.7.